The molecule has 0 aliphatic heterocycles. The monoisotopic (exact) mass is 400 g/mol. The fourth-order valence-electron chi connectivity index (χ4n) is 2.92. The molecular formula is C21H21ClN2O2S. The molecule has 4 nitrogen and oxygen atoms in total. The third-order valence-corrected chi connectivity index (χ3v) is 6.74. The van der Waals surface area contributed by atoms with Gasteiger partial charge < -0.3 is 5.73 Å². The van der Waals surface area contributed by atoms with Gasteiger partial charge in [0, 0.05) is 0 Å². The van der Waals surface area contributed by atoms with E-state index in [4.69, 9.17) is 17.5 Å². The lowest BCUT2D eigenvalue weighted by molar-refractivity contribution is 0.400. The number of benzene rings is 3. The van der Waals surface area contributed by atoms with E-state index in [9.17, 15) is 8.42 Å². The lowest BCUT2D eigenvalue weighted by Crippen LogP contribution is -2.34. The van der Waals surface area contributed by atoms with Gasteiger partial charge in [-0.25, -0.2) is 8.42 Å². The Morgan fingerprint density at radius 1 is 0.815 bits per heavy atom. The van der Waals surface area contributed by atoms with Crippen LogP contribution in [0.15, 0.2) is 89.8 Å². The second-order valence-electron chi connectivity index (χ2n) is 6.35. The molecule has 140 valence electrons. The lowest BCUT2D eigenvalue weighted by Gasteiger charge is -2.30. The van der Waals surface area contributed by atoms with Crippen molar-refractivity contribution in [3.8, 4) is 0 Å². The summed E-state index contributed by atoms with van der Waals surface area (Å²) in [7, 11) is -3.94. The van der Waals surface area contributed by atoms with Crippen molar-refractivity contribution >= 4 is 21.8 Å². The van der Waals surface area contributed by atoms with Gasteiger partial charge in [0.1, 0.15) is 0 Å². The summed E-state index contributed by atoms with van der Waals surface area (Å²) in [4.78, 5) is 0.129. The molecule has 0 amide bonds. The highest BCUT2D eigenvalue weighted by Gasteiger charge is 2.35. The Kier molecular flexibility index (Phi) is 5.97. The molecule has 0 saturated carbocycles. The summed E-state index contributed by atoms with van der Waals surface area (Å²) in [6, 6.07) is 23.7. The first-order valence-electron chi connectivity index (χ1n) is 8.53. The van der Waals surface area contributed by atoms with Crippen LogP contribution in [-0.2, 0) is 10.0 Å². The topological polar surface area (TPSA) is 63.4 Å². The fraction of sp³-hybridized carbons (Fsp3) is 0.143. The van der Waals surface area contributed by atoms with E-state index in [0.717, 1.165) is 20.5 Å². The molecule has 3 aromatic carbocycles. The summed E-state index contributed by atoms with van der Waals surface area (Å²) in [6.07, 6.45) is 0. The second kappa shape index (κ2) is 8.23. The minimum atomic E-state index is -3.94. The van der Waals surface area contributed by atoms with Gasteiger partial charge in [-0.1, -0.05) is 78.4 Å². The third-order valence-electron chi connectivity index (χ3n) is 4.43. The van der Waals surface area contributed by atoms with E-state index >= 15 is 0 Å². The summed E-state index contributed by atoms with van der Waals surface area (Å²) in [6.45, 7) is 1.90. The van der Waals surface area contributed by atoms with E-state index in [-0.39, 0.29) is 4.90 Å². The maximum Gasteiger partial charge on any atom is 0.257 e. The normalized spacial score (nSPS) is 14.1. The van der Waals surface area contributed by atoms with Crippen molar-refractivity contribution in [2.45, 2.75) is 23.9 Å². The summed E-state index contributed by atoms with van der Waals surface area (Å²) >= 11 is 6.46. The quantitative estimate of drug-likeness (QED) is 0.616. The molecule has 0 radical (unpaired) electrons. The molecule has 0 fully saturated rings. The largest absolute Gasteiger partial charge is 0.322 e. The molecule has 2 atom stereocenters. The van der Waals surface area contributed by atoms with Crippen LogP contribution in [0.4, 0.5) is 0 Å². The van der Waals surface area contributed by atoms with Crippen LogP contribution in [0.1, 0.15) is 28.8 Å². The molecule has 0 unspecified atom stereocenters. The van der Waals surface area contributed by atoms with Crippen molar-refractivity contribution in [1.29, 1.82) is 0 Å². The molecule has 0 aliphatic rings. The Morgan fingerprint density at radius 2 is 1.30 bits per heavy atom. The third kappa shape index (κ3) is 4.22. The van der Waals surface area contributed by atoms with E-state index in [1.807, 2.05) is 67.6 Å². The SMILES string of the molecule is Cc1ccc(S(=O)(=O)N(Cl)[C@H](c2ccccc2)[C@@H](N)c2ccccc2)cc1. The Balaban J connectivity index is 2.06. The van der Waals surface area contributed by atoms with Crippen molar-refractivity contribution < 1.29 is 8.42 Å². The highest BCUT2D eigenvalue weighted by atomic mass is 35.5. The predicted octanol–water partition coefficient (Wildman–Crippen LogP) is 4.58. The van der Waals surface area contributed by atoms with E-state index in [1.54, 1.807) is 24.3 Å². The average Bonchev–Trinajstić information content (AvgIpc) is 2.70. The van der Waals surface area contributed by atoms with Crippen LogP contribution in [0, 0.1) is 6.92 Å². The maximum absolute atomic E-state index is 13.1. The summed E-state index contributed by atoms with van der Waals surface area (Å²) in [5, 5.41) is 0. The van der Waals surface area contributed by atoms with Gasteiger partial charge in [-0.15, -0.1) is 3.82 Å². The number of nitrogens with zero attached hydrogens (tertiary/aromatic N) is 1. The number of hydrogen-bond acceptors (Lipinski definition) is 3. The van der Waals surface area contributed by atoms with Gasteiger partial charge in [0.2, 0.25) is 0 Å². The van der Waals surface area contributed by atoms with E-state index in [0.29, 0.717) is 0 Å². The molecule has 0 saturated heterocycles. The summed E-state index contributed by atoms with van der Waals surface area (Å²) in [5.74, 6) is 0. The van der Waals surface area contributed by atoms with Crippen LogP contribution in [0.25, 0.3) is 0 Å². The fourth-order valence-corrected chi connectivity index (χ4v) is 4.63. The standard InChI is InChI=1S/C21H21ClN2O2S/c1-16-12-14-19(15-13-16)27(25,26)24(22)21(18-10-6-3-7-11-18)20(23)17-8-4-2-5-9-17/h2-15,20-21H,23H2,1H3/t20-,21+/m0/s1. The molecule has 3 rings (SSSR count). The number of halogens is 1. The van der Waals surface area contributed by atoms with E-state index < -0.39 is 22.1 Å². The summed E-state index contributed by atoms with van der Waals surface area (Å²) in [5.41, 5.74) is 8.97. The molecule has 0 heterocycles. The van der Waals surface area contributed by atoms with Gasteiger partial charge in [0.25, 0.3) is 10.0 Å². The van der Waals surface area contributed by atoms with Crippen molar-refractivity contribution in [1.82, 2.24) is 3.82 Å². The van der Waals surface area contributed by atoms with Crippen LogP contribution in [0.3, 0.4) is 0 Å². The zero-order valence-corrected chi connectivity index (χ0v) is 16.4. The second-order valence-corrected chi connectivity index (χ2v) is 8.73. The Bertz CT molecular complexity index is 978. The van der Waals surface area contributed by atoms with Gasteiger partial charge in [0.15, 0.2) is 0 Å². The molecule has 6 heteroatoms. The molecule has 0 aromatic heterocycles. The molecule has 2 N–H and O–H groups in total. The Labute approximate surface area is 165 Å². The molecule has 27 heavy (non-hydrogen) atoms. The van der Waals surface area contributed by atoms with Gasteiger partial charge in [-0.05, 0) is 42.0 Å². The number of rotatable bonds is 6. The van der Waals surface area contributed by atoms with Gasteiger partial charge in [-0.3, -0.25) is 0 Å². The van der Waals surface area contributed by atoms with E-state index in [1.165, 1.54) is 0 Å². The summed E-state index contributed by atoms with van der Waals surface area (Å²) < 4.78 is 27.1. The average molecular weight is 401 g/mol. The highest BCUT2D eigenvalue weighted by molar-refractivity contribution is 7.90. The van der Waals surface area contributed by atoms with Crippen LogP contribution in [0.5, 0.6) is 0 Å². The van der Waals surface area contributed by atoms with Gasteiger partial charge in [0.05, 0.1) is 17.0 Å². The molecule has 3 aromatic rings. The maximum atomic E-state index is 13.1. The molecule has 0 spiro atoms. The van der Waals surface area contributed by atoms with Gasteiger partial charge in [-0.2, -0.15) is 0 Å². The van der Waals surface area contributed by atoms with Crippen molar-refractivity contribution in [2.24, 2.45) is 5.73 Å². The first-order valence-corrected chi connectivity index (χ1v) is 10.3. The minimum Gasteiger partial charge on any atom is -0.322 e. The number of sulfonamides is 1. The molecular weight excluding hydrogens is 380 g/mol. The van der Waals surface area contributed by atoms with Crippen LogP contribution < -0.4 is 5.73 Å². The smallest absolute Gasteiger partial charge is 0.257 e. The highest BCUT2D eigenvalue weighted by Crippen LogP contribution is 2.37. The van der Waals surface area contributed by atoms with Crippen molar-refractivity contribution in [2.75, 3.05) is 0 Å². The zero-order chi connectivity index (χ0) is 19.4. The predicted molar refractivity (Wildman–Crippen MR) is 109 cm³/mol. The Hall–Kier alpha value is -2.18. The number of nitrogens with two attached hydrogens (primary N) is 1. The minimum absolute atomic E-state index is 0.129. The van der Waals surface area contributed by atoms with Crippen LogP contribution in [-0.4, -0.2) is 12.2 Å². The zero-order valence-electron chi connectivity index (χ0n) is 14.9. The molecule has 0 bridgehead atoms. The first kappa shape index (κ1) is 19.6. The van der Waals surface area contributed by atoms with Crippen molar-refractivity contribution in [3.05, 3.63) is 102 Å². The van der Waals surface area contributed by atoms with Gasteiger partial charge >= 0.3 is 0 Å². The van der Waals surface area contributed by atoms with Crippen molar-refractivity contribution in [3.63, 3.8) is 0 Å². The lowest BCUT2D eigenvalue weighted by atomic mass is 9.95. The first-order chi connectivity index (χ1) is 12.9. The number of hydrogen-bond donors (Lipinski definition) is 1. The van der Waals surface area contributed by atoms with E-state index in [2.05, 4.69) is 0 Å². The Morgan fingerprint density at radius 3 is 1.81 bits per heavy atom. The molecule has 0 aliphatic carbocycles. The van der Waals surface area contributed by atoms with Crippen LogP contribution >= 0.6 is 11.8 Å². The number of aryl methyl sites for hydroxylation is 1. The van der Waals surface area contributed by atoms with Crippen LogP contribution in [0.2, 0.25) is 0 Å².